The molecule has 0 bridgehead atoms. The van der Waals surface area contributed by atoms with E-state index in [0.29, 0.717) is 5.75 Å². The highest BCUT2D eigenvalue weighted by molar-refractivity contribution is 5.70. The summed E-state index contributed by atoms with van der Waals surface area (Å²) in [7, 11) is 0. The summed E-state index contributed by atoms with van der Waals surface area (Å²) in [5, 5.41) is 2.07. The third kappa shape index (κ3) is 2.17. The number of hydrogen-bond acceptors (Lipinski definition) is 3. The molecule has 0 fully saturated rings. The van der Waals surface area contributed by atoms with E-state index in [1.54, 1.807) is 30.3 Å². The lowest BCUT2D eigenvalue weighted by Gasteiger charge is -1.95. The molecule has 0 unspecified atom stereocenters. The van der Waals surface area contributed by atoms with Crippen LogP contribution in [0.4, 0.5) is 4.79 Å². The van der Waals surface area contributed by atoms with E-state index in [0.717, 1.165) is 0 Å². The minimum Gasteiger partial charge on any atom is -0.407 e. The van der Waals surface area contributed by atoms with Crippen molar-refractivity contribution in [3.63, 3.8) is 0 Å². The van der Waals surface area contributed by atoms with Crippen molar-refractivity contribution in [1.29, 1.82) is 0 Å². The average molecular weight is 151 g/mol. The second-order valence-corrected chi connectivity index (χ2v) is 1.77. The van der Waals surface area contributed by atoms with Crippen LogP contribution < -0.4 is 4.74 Å². The molecule has 0 aromatic heterocycles. The van der Waals surface area contributed by atoms with Gasteiger partial charge < -0.3 is 4.74 Å². The monoisotopic (exact) mass is 151 g/mol. The highest BCUT2D eigenvalue weighted by atomic mass is 16.6. The Hall–Kier alpha value is -1.71. The third-order valence-electron chi connectivity index (χ3n) is 1.02. The number of benzene rings is 1. The van der Waals surface area contributed by atoms with Crippen LogP contribution in [0.2, 0.25) is 0 Å². The number of hydrogen-bond donors (Lipinski definition) is 0. The first kappa shape index (κ1) is 7.40. The van der Waals surface area contributed by atoms with Gasteiger partial charge in [0.25, 0.3) is 0 Å². The predicted molar refractivity (Wildman–Crippen MR) is 38.3 cm³/mol. The molecule has 0 atom stereocenters. The van der Waals surface area contributed by atoms with Crippen molar-refractivity contribution in [3.8, 4) is 5.75 Å². The molecule has 0 aliphatic rings. The zero-order valence-electron chi connectivity index (χ0n) is 5.56. The van der Waals surface area contributed by atoms with E-state index in [1.807, 2.05) is 0 Å². The minimum absolute atomic E-state index is 0.317. The Kier molecular flexibility index (Phi) is 2.32. The van der Waals surface area contributed by atoms with Crippen molar-refractivity contribution in [2.45, 2.75) is 0 Å². The van der Waals surface area contributed by atoms with Gasteiger partial charge in [0.1, 0.15) is 5.75 Å². The fourth-order valence-electron chi connectivity index (χ4n) is 0.608. The molecular formula is C7H5NO3. The van der Waals surface area contributed by atoms with Gasteiger partial charge >= 0.3 is 6.09 Å². The zero-order valence-corrected chi connectivity index (χ0v) is 5.56. The molecule has 4 heteroatoms. The van der Waals surface area contributed by atoms with Crippen molar-refractivity contribution in [1.82, 2.24) is 0 Å². The Morgan fingerprint density at radius 1 is 1.27 bits per heavy atom. The molecule has 0 N–H and O–H groups in total. The first-order valence-corrected chi connectivity index (χ1v) is 2.93. The second kappa shape index (κ2) is 3.46. The van der Waals surface area contributed by atoms with E-state index < -0.39 is 6.09 Å². The Bertz CT molecular complexity index is 258. The van der Waals surface area contributed by atoms with Gasteiger partial charge in [-0.05, 0) is 12.1 Å². The Balaban J connectivity index is 2.65. The summed E-state index contributed by atoms with van der Waals surface area (Å²) in [5.74, 6) is 0.317. The van der Waals surface area contributed by atoms with Crippen LogP contribution in [0.25, 0.3) is 0 Å². The van der Waals surface area contributed by atoms with E-state index in [2.05, 4.69) is 9.91 Å². The SMILES string of the molecule is O=NC(=O)Oc1ccccc1. The van der Waals surface area contributed by atoms with Gasteiger partial charge in [-0.25, -0.2) is 4.79 Å². The first-order valence-electron chi connectivity index (χ1n) is 2.93. The van der Waals surface area contributed by atoms with Gasteiger partial charge in [0.15, 0.2) is 0 Å². The van der Waals surface area contributed by atoms with Gasteiger partial charge in [-0.15, -0.1) is 4.91 Å². The number of nitroso groups, excluding NO2 is 1. The lowest BCUT2D eigenvalue weighted by molar-refractivity contribution is 0.211. The molecule has 11 heavy (non-hydrogen) atoms. The summed E-state index contributed by atoms with van der Waals surface area (Å²) in [6.07, 6.45) is -1.13. The number of amides is 1. The lowest BCUT2D eigenvalue weighted by Crippen LogP contribution is -1.99. The van der Waals surface area contributed by atoms with Gasteiger partial charge in [-0.1, -0.05) is 18.2 Å². The second-order valence-electron chi connectivity index (χ2n) is 1.77. The number of nitrogens with zero attached hydrogens (tertiary/aromatic N) is 1. The molecule has 0 aliphatic heterocycles. The van der Waals surface area contributed by atoms with Gasteiger partial charge in [0, 0.05) is 0 Å². The van der Waals surface area contributed by atoms with E-state index in [4.69, 9.17) is 0 Å². The number of carbonyl (C=O) groups excluding carboxylic acids is 1. The van der Waals surface area contributed by atoms with Crippen LogP contribution in [0, 0.1) is 4.91 Å². The molecule has 4 nitrogen and oxygen atoms in total. The first-order chi connectivity index (χ1) is 5.33. The maximum Gasteiger partial charge on any atom is 0.475 e. The quantitative estimate of drug-likeness (QED) is 0.576. The predicted octanol–water partition coefficient (Wildman–Crippen LogP) is 1.95. The van der Waals surface area contributed by atoms with Gasteiger partial charge in [-0.3, -0.25) is 0 Å². The lowest BCUT2D eigenvalue weighted by atomic mass is 10.3. The van der Waals surface area contributed by atoms with Crippen LogP contribution >= 0.6 is 0 Å². The summed E-state index contributed by atoms with van der Waals surface area (Å²) < 4.78 is 4.45. The van der Waals surface area contributed by atoms with Crippen molar-refractivity contribution in [2.75, 3.05) is 0 Å². The van der Waals surface area contributed by atoms with Crippen LogP contribution in [-0.2, 0) is 0 Å². The van der Waals surface area contributed by atoms with Gasteiger partial charge in [0.05, 0.1) is 5.18 Å². The molecular weight excluding hydrogens is 146 g/mol. The summed E-state index contributed by atoms with van der Waals surface area (Å²) in [6, 6.07) is 8.26. The van der Waals surface area contributed by atoms with Crippen molar-refractivity contribution in [2.24, 2.45) is 5.18 Å². The van der Waals surface area contributed by atoms with Crippen molar-refractivity contribution < 1.29 is 9.53 Å². The van der Waals surface area contributed by atoms with Crippen LogP contribution in [0.5, 0.6) is 5.75 Å². The van der Waals surface area contributed by atoms with E-state index in [9.17, 15) is 9.70 Å². The van der Waals surface area contributed by atoms with Crippen LogP contribution in [0.1, 0.15) is 0 Å². The molecule has 0 aliphatic carbocycles. The van der Waals surface area contributed by atoms with Crippen molar-refractivity contribution in [3.05, 3.63) is 35.2 Å². The van der Waals surface area contributed by atoms with E-state index in [1.165, 1.54) is 0 Å². The zero-order chi connectivity index (χ0) is 8.10. The molecule has 1 aromatic rings. The highest BCUT2D eigenvalue weighted by Crippen LogP contribution is 2.08. The summed E-state index contributed by atoms with van der Waals surface area (Å²) >= 11 is 0. The number of carbonyl (C=O) groups is 1. The number of rotatable bonds is 1. The number of ether oxygens (including phenoxy) is 1. The van der Waals surface area contributed by atoms with Gasteiger partial charge in [-0.2, -0.15) is 0 Å². The molecule has 1 rings (SSSR count). The molecule has 1 amide bonds. The Morgan fingerprint density at radius 2 is 1.91 bits per heavy atom. The fraction of sp³-hybridized carbons (Fsp3) is 0. The maximum atomic E-state index is 10.3. The summed E-state index contributed by atoms with van der Waals surface area (Å²) in [6.45, 7) is 0. The maximum absolute atomic E-state index is 10.3. The topological polar surface area (TPSA) is 55.7 Å². The van der Waals surface area contributed by atoms with Crippen LogP contribution in [0.15, 0.2) is 35.5 Å². The molecule has 0 radical (unpaired) electrons. The summed E-state index contributed by atoms with van der Waals surface area (Å²) in [4.78, 5) is 19.9. The highest BCUT2D eigenvalue weighted by Gasteiger charge is 2.00. The normalized spacial score (nSPS) is 8.73. The average Bonchev–Trinajstić information content (AvgIpc) is 2.06. The van der Waals surface area contributed by atoms with Crippen molar-refractivity contribution >= 4 is 6.09 Å². The fourth-order valence-corrected chi connectivity index (χ4v) is 0.608. The molecule has 0 saturated heterocycles. The van der Waals surface area contributed by atoms with Gasteiger partial charge in [0.2, 0.25) is 0 Å². The standard InChI is InChI=1S/C7H5NO3/c9-7(8-10)11-6-4-2-1-3-5-6/h1-5H. The number of para-hydroxylation sites is 1. The minimum atomic E-state index is -1.13. The third-order valence-corrected chi connectivity index (χ3v) is 1.02. The smallest absolute Gasteiger partial charge is 0.407 e. The molecule has 0 saturated carbocycles. The summed E-state index contributed by atoms with van der Waals surface area (Å²) in [5.41, 5.74) is 0. The van der Waals surface area contributed by atoms with Crippen LogP contribution in [-0.4, -0.2) is 6.09 Å². The van der Waals surface area contributed by atoms with E-state index >= 15 is 0 Å². The molecule has 0 heterocycles. The molecule has 1 aromatic carbocycles. The van der Waals surface area contributed by atoms with Crippen LogP contribution in [0.3, 0.4) is 0 Å². The largest absolute Gasteiger partial charge is 0.475 e. The Morgan fingerprint density at radius 3 is 2.45 bits per heavy atom. The molecule has 56 valence electrons. The Labute approximate surface area is 62.8 Å². The molecule has 0 spiro atoms. The van der Waals surface area contributed by atoms with E-state index in [-0.39, 0.29) is 0 Å².